The van der Waals surface area contributed by atoms with Crippen LogP contribution in [0.4, 0.5) is 11.4 Å². The number of carbonyl (C=O) groups excluding carboxylic acids is 1. The van der Waals surface area contributed by atoms with E-state index < -0.39 is 15.9 Å². The maximum atomic E-state index is 13.1. The highest BCUT2D eigenvalue weighted by Gasteiger charge is 2.30. The van der Waals surface area contributed by atoms with E-state index >= 15 is 0 Å². The van der Waals surface area contributed by atoms with Gasteiger partial charge in [-0.1, -0.05) is 58.6 Å². The lowest BCUT2D eigenvalue weighted by atomic mass is 10.2. The van der Waals surface area contributed by atoms with Crippen molar-refractivity contribution in [3.05, 3.63) is 99.2 Å². The van der Waals surface area contributed by atoms with E-state index in [-0.39, 0.29) is 23.7 Å². The molecule has 0 bridgehead atoms. The first kappa shape index (κ1) is 27.6. The van der Waals surface area contributed by atoms with Crippen LogP contribution in [0, 0.1) is 6.92 Å². The van der Waals surface area contributed by atoms with E-state index in [9.17, 15) is 13.2 Å². The zero-order valence-electron chi connectivity index (χ0n) is 20.8. The quantitative estimate of drug-likeness (QED) is 0.257. The van der Waals surface area contributed by atoms with E-state index in [4.69, 9.17) is 39.2 Å². The van der Waals surface area contributed by atoms with Crippen molar-refractivity contribution in [1.29, 1.82) is 0 Å². The van der Waals surface area contributed by atoms with Crippen LogP contribution in [-0.4, -0.2) is 44.8 Å². The Morgan fingerprint density at radius 1 is 0.872 bits per heavy atom. The highest BCUT2D eigenvalue weighted by Crippen LogP contribution is 2.36. The fraction of sp³-hybridized carbons (Fsp3) is 0.179. The molecule has 0 radical (unpaired) electrons. The van der Waals surface area contributed by atoms with Gasteiger partial charge in [-0.3, -0.25) is 4.79 Å². The molecule has 0 spiro atoms. The van der Waals surface area contributed by atoms with Gasteiger partial charge in [0.1, 0.15) is 5.76 Å². The van der Waals surface area contributed by atoms with Crippen molar-refractivity contribution in [1.82, 2.24) is 4.31 Å². The SMILES string of the molecule is Cc1ccc(S(=O)(=O)N2CCN(c3c(Cl)cccc3NC(=O)c3ccc(-c4ccc(Cl)cc4Cl)o3)CC2)cc1. The number of anilines is 2. The van der Waals surface area contributed by atoms with Crippen molar-refractivity contribution >= 4 is 62.1 Å². The minimum atomic E-state index is -3.61. The fourth-order valence-electron chi connectivity index (χ4n) is 4.43. The summed E-state index contributed by atoms with van der Waals surface area (Å²) < 4.78 is 33.5. The van der Waals surface area contributed by atoms with Crippen LogP contribution in [0.1, 0.15) is 16.1 Å². The van der Waals surface area contributed by atoms with Crippen LogP contribution in [-0.2, 0) is 10.0 Å². The predicted octanol–water partition coefficient (Wildman–Crippen LogP) is 6.98. The number of sulfonamides is 1. The van der Waals surface area contributed by atoms with Crippen molar-refractivity contribution in [2.45, 2.75) is 11.8 Å². The van der Waals surface area contributed by atoms with Crippen molar-refractivity contribution in [2.24, 2.45) is 0 Å². The van der Waals surface area contributed by atoms with E-state index in [2.05, 4.69) is 5.32 Å². The van der Waals surface area contributed by atoms with Crippen molar-refractivity contribution in [3.8, 4) is 11.3 Å². The second kappa shape index (κ2) is 11.2. The monoisotopic (exact) mass is 603 g/mol. The molecule has 2 heterocycles. The third-order valence-corrected chi connectivity index (χ3v) is 9.24. The number of nitrogens with zero attached hydrogens (tertiary/aromatic N) is 2. The molecule has 39 heavy (non-hydrogen) atoms. The molecule has 1 aliphatic heterocycles. The number of amides is 1. The van der Waals surface area contributed by atoms with E-state index in [1.54, 1.807) is 72.8 Å². The van der Waals surface area contributed by atoms with Gasteiger partial charge in [0.15, 0.2) is 5.76 Å². The zero-order chi connectivity index (χ0) is 27.7. The topological polar surface area (TPSA) is 82.9 Å². The number of hydrogen-bond acceptors (Lipinski definition) is 5. The number of piperazine rings is 1. The Morgan fingerprint density at radius 2 is 1.59 bits per heavy atom. The summed E-state index contributed by atoms with van der Waals surface area (Å²) in [6.07, 6.45) is 0. The van der Waals surface area contributed by atoms with Crippen LogP contribution >= 0.6 is 34.8 Å². The number of hydrogen-bond donors (Lipinski definition) is 1. The number of para-hydroxylation sites is 1. The standard InChI is InChI=1S/C28H24Cl3N3O4S/c1-18-5-8-20(9-6-18)39(36,37)34-15-13-33(14-16-34)27-22(30)3-2-4-24(27)32-28(35)26-12-11-25(38-26)21-10-7-19(29)17-23(21)31/h2-12,17H,13-16H2,1H3,(H,32,35). The van der Waals surface area contributed by atoms with Crippen LogP contribution in [0.2, 0.25) is 15.1 Å². The zero-order valence-corrected chi connectivity index (χ0v) is 23.9. The predicted molar refractivity (Wildman–Crippen MR) is 156 cm³/mol. The normalized spacial score (nSPS) is 14.4. The van der Waals surface area contributed by atoms with Crippen molar-refractivity contribution < 1.29 is 17.6 Å². The fourth-order valence-corrected chi connectivity index (χ4v) is 6.64. The molecule has 1 fully saturated rings. The summed E-state index contributed by atoms with van der Waals surface area (Å²) >= 11 is 18.8. The highest BCUT2D eigenvalue weighted by atomic mass is 35.5. The summed E-state index contributed by atoms with van der Waals surface area (Å²) in [5.74, 6) is 0.0606. The maximum Gasteiger partial charge on any atom is 0.291 e. The number of rotatable bonds is 6. The molecule has 1 amide bonds. The minimum Gasteiger partial charge on any atom is -0.451 e. The lowest BCUT2D eigenvalue weighted by Crippen LogP contribution is -2.49. The smallest absolute Gasteiger partial charge is 0.291 e. The second-order valence-electron chi connectivity index (χ2n) is 9.08. The third-order valence-electron chi connectivity index (χ3n) is 6.47. The summed E-state index contributed by atoms with van der Waals surface area (Å²) in [6.45, 7) is 3.26. The molecule has 3 aromatic carbocycles. The molecule has 0 aliphatic carbocycles. The van der Waals surface area contributed by atoms with Gasteiger partial charge in [0, 0.05) is 36.8 Å². The Balaban J connectivity index is 1.32. The Morgan fingerprint density at radius 3 is 2.28 bits per heavy atom. The van der Waals surface area contributed by atoms with Gasteiger partial charge in [0.2, 0.25) is 10.0 Å². The molecular formula is C28H24Cl3N3O4S. The number of halogens is 3. The van der Waals surface area contributed by atoms with Gasteiger partial charge in [-0.05, 0) is 61.5 Å². The van der Waals surface area contributed by atoms with Crippen LogP contribution < -0.4 is 10.2 Å². The Hall–Kier alpha value is -3.01. The average Bonchev–Trinajstić information content (AvgIpc) is 3.39. The Bertz CT molecular complexity index is 1630. The van der Waals surface area contributed by atoms with E-state index in [0.29, 0.717) is 50.9 Å². The third kappa shape index (κ3) is 5.81. The molecule has 202 valence electrons. The molecule has 1 N–H and O–H groups in total. The first-order valence-corrected chi connectivity index (χ1v) is 14.7. The lowest BCUT2D eigenvalue weighted by molar-refractivity contribution is 0.0997. The molecule has 1 saturated heterocycles. The second-order valence-corrected chi connectivity index (χ2v) is 12.3. The molecule has 11 heteroatoms. The first-order valence-electron chi connectivity index (χ1n) is 12.1. The molecule has 4 aromatic rings. The van der Waals surface area contributed by atoms with Gasteiger partial charge in [0.05, 0.1) is 26.3 Å². The maximum absolute atomic E-state index is 13.1. The average molecular weight is 605 g/mol. The molecule has 0 saturated carbocycles. The van der Waals surface area contributed by atoms with E-state index in [0.717, 1.165) is 5.56 Å². The number of aryl methyl sites for hydroxylation is 1. The minimum absolute atomic E-state index is 0.0935. The summed E-state index contributed by atoms with van der Waals surface area (Å²) in [7, 11) is -3.61. The largest absolute Gasteiger partial charge is 0.451 e. The number of nitrogens with one attached hydrogen (secondary N) is 1. The van der Waals surface area contributed by atoms with Crippen LogP contribution in [0.15, 0.2) is 82.1 Å². The Kier molecular flexibility index (Phi) is 7.94. The van der Waals surface area contributed by atoms with Gasteiger partial charge in [-0.15, -0.1) is 0 Å². The number of furan rings is 1. The summed E-state index contributed by atoms with van der Waals surface area (Å²) in [5.41, 5.74) is 2.71. The summed E-state index contributed by atoms with van der Waals surface area (Å²) in [5, 5.41) is 4.22. The Labute approximate surface area is 241 Å². The number of benzene rings is 3. The van der Waals surface area contributed by atoms with E-state index in [1.165, 1.54) is 4.31 Å². The molecule has 0 unspecified atom stereocenters. The van der Waals surface area contributed by atoms with Crippen molar-refractivity contribution in [2.75, 3.05) is 36.4 Å². The van der Waals surface area contributed by atoms with Gasteiger partial charge in [0.25, 0.3) is 5.91 Å². The van der Waals surface area contributed by atoms with Crippen LogP contribution in [0.5, 0.6) is 0 Å². The molecule has 1 aliphatic rings. The molecule has 7 nitrogen and oxygen atoms in total. The summed E-state index contributed by atoms with van der Waals surface area (Å²) in [6, 6.07) is 20.3. The van der Waals surface area contributed by atoms with Crippen LogP contribution in [0.3, 0.4) is 0 Å². The summed E-state index contributed by atoms with van der Waals surface area (Å²) in [4.78, 5) is 15.3. The first-order chi connectivity index (χ1) is 18.6. The molecule has 0 atom stereocenters. The molecular weight excluding hydrogens is 581 g/mol. The number of carbonyl (C=O) groups is 1. The lowest BCUT2D eigenvalue weighted by Gasteiger charge is -2.36. The van der Waals surface area contributed by atoms with E-state index in [1.807, 2.05) is 11.8 Å². The van der Waals surface area contributed by atoms with Gasteiger partial charge >= 0.3 is 0 Å². The molecule has 5 rings (SSSR count). The highest BCUT2D eigenvalue weighted by molar-refractivity contribution is 7.89. The van der Waals surface area contributed by atoms with Gasteiger partial charge < -0.3 is 14.6 Å². The van der Waals surface area contributed by atoms with Crippen LogP contribution in [0.25, 0.3) is 11.3 Å². The van der Waals surface area contributed by atoms with Gasteiger partial charge in [-0.2, -0.15) is 4.31 Å². The van der Waals surface area contributed by atoms with Crippen molar-refractivity contribution in [3.63, 3.8) is 0 Å². The molecule has 1 aromatic heterocycles. The van der Waals surface area contributed by atoms with Gasteiger partial charge in [-0.25, -0.2) is 8.42 Å².